The summed E-state index contributed by atoms with van der Waals surface area (Å²) < 4.78 is 5.51. The van der Waals surface area contributed by atoms with E-state index in [4.69, 9.17) is 4.42 Å². The summed E-state index contributed by atoms with van der Waals surface area (Å²) >= 11 is 0. The SMILES string of the molecule is Cc1cccc(-c2ccccc2-c2ccco2)c1. The molecule has 0 unspecified atom stereocenters. The van der Waals surface area contributed by atoms with Crippen molar-refractivity contribution in [3.05, 3.63) is 72.5 Å². The molecule has 0 aliphatic rings. The minimum absolute atomic E-state index is 0.909. The van der Waals surface area contributed by atoms with E-state index in [2.05, 4.69) is 49.4 Å². The third kappa shape index (κ3) is 1.95. The van der Waals surface area contributed by atoms with Crippen LogP contribution in [0.3, 0.4) is 0 Å². The molecule has 0 radical (unpaired) electrons. The van der Waals surface area contributed by atoms with Crippen LogP contribution < -0.4 is 0 Å². The van der Waals surface area contributed by atoms with Crippen LogP contribution >= 0.6 is 0 Å². The first-order chi connectivity index (χ1) is 8.84. The monoisotopic (exact) mass is 234 g/mol. The van der Waals surface area contributed by atoms with Crippen molar-refractivity contribution in [2.45, 2.75) is 6.92 Å². The second-order valence-corrected chi connectivity index (χ2v) is 4.39. The van der Waals surface area contributed by atoms with Gasteiger partial charge in [-0.1, -0.05) is 54.1 Å². The molecule has 1 heterocycles. The lowest BCUT2D eigenvalue weighted by Crippen LogP contribution is -1.84. The largest absolute Gasteiger partial charge is 0.464 e. The lowest BCUT2D eigenvalue weighted by molar-refractivity contribution is 0.582. The number of hydrogen-bond donors (Lipinski definition) is 0. The van der Waals surface area contributed by atoms with Gasteiger partial charge in [-0.05, 0) is 30.2 Å². The summed E-state index contributed by atoms with van der Waals surface area (Å²) in [4.78, 5) is 0. The van der Waals surface area contributed by atoms with Gasteiger partial charge in [-0.15, -0.1) is 0 Å². The number of rotatable bonds is 2. The summed E-state index contributed by atoms with van der Waals surface area (Å²) in [5.41, 5.74) is 4.83. The van der Waals surface area contributed by atoms with Gasteiger partial charge in [0.1, 0.15) is 5.76 Å². The van der Waals surface area contributed by atoms with Crippen molar-refractivity contribution in [1.29, 1.82) is 0 Å². The average molecular weight is 234 g/mol. The maximum atomic E-state index is 5.51. The van der Waals surface area contributed by atoms with Gasteiger partial charge in [0.25, 0.3) is 0 Å². The highest BCUT2D eigenvalue weighted by atomic mass is 16.3. The van der Waals surface area contributed by atoms with Gasteiger partial charge in [0, 0.05) is 5.56 Å². The van der Waals surface area contributed by atoms with Gasteiger partial charge in [-0.25, -0.2) is 0 Å². The normalized spacial score (nSPS) is 10.5. The molecule has 1 aromatic heterocycles. The van der Waals surface area contributed by atoms with E-state index in [-0.39, 0.29) is 0 Å². The Morgan fingerprint density at radius 1 is 0.778 bits per heavy atom. The van der Waals surface area contributed by atoms with Crippen molar-refractivity contribution in [2.75, 3.05) is 0 Å². The van der Waals surface area contributed by atoms with Crippen LogP contribution in [0.4, 0.5) is 0 Å². The van der Waals surface area contributed by atoms with E-state index in [9.17, 15) is 0 Å². The summed E-state index contributed by atoms with van der Waals surface area (Å²) in [6.45, 7) is 2.11. The van der Waals surface area contributed by atoms with E-state index in [1.54, 1.807) is 6.26 Å². The molecule has 0 saturated heterocycles. The van der Waals surface area contributed by atoms with Crippen molar-refractivity contribution in [3.8, 4) is 22.5 Å². The zero-order valence-corrected chi connectivity index (χ0v) is 10.3. The molecule has 0 amide bonds. The highest BCUT2D eigenvalue weighted by molar-refractivity contribution is 5.81. The molecule has 1 heteroatoms. The molecule has 18 heavy (non-hydrogen) atoms. The Morgan fingerprint density at radius 3 is 2.33 bits per heavy atom. The van der Waals surface area contributed by atoms with Crippen LogP contribution in [-0.4, -0.2) is 0 Å². The quantitative estimate of drug-likeness (QED) is 0.613. The third-order valence-electron chi connectivity index (χ3n) is 3.04. The maximum absolute atomic E-state index is 5.51. The fourth-order valence-electron chi connectivity index (χ4n) is 2.19. The molecule has 88 valence electrons. The summed E-state index contributed by atoms with van der Waals surface area (Å²) in [6.07, 6.45) is 1.71. The predicted octanol–water partition coefficient (Wildman–Crippen LogP) is 4.92. The average Bonchev–Trinajstić information content (AvgIpc) is 2.92. The van der Waals surface area contributed by atoms with Crippen LogP contribution in [0.25, 0.3) is 22.5 Å². The van der Waals surface area contributed by atoms with E-state index in [0.29, 0.717) is 0 Å². The van der Waals surface area contributed by atoms with Crippen LogP contribution in [0.5, 0.6) is 0 Å². The van der Waals surface area contributed by atoms with E-state index < -0.39 is 0 Å². The van der Waals surface area contributed by atoms with Crippen molar-refractivity contribution in [3.63, 3.8) is 0 Å². The number of benzene rings is 2. The summed E-state index contributed by atoms with van der Waals surface area (Å²) in [5, 5.41) is 0. The first-order valence-electron chi connectivity index (χ1n) is 6.04. The van der Waals surface area contributed by atoms with Gasteiger partial charge in [0.05, 0.1) is 6.26 Å². The second kappa shape index (κ2) is 4.53. The van der Waals surface area contributed by atoms with Gasteiger partial charge in [-0.2, -0.15) is 0 Å². The highest BCUT2D eigenvalue weighted by Gasteiger charge is 2.08. The van der Waals surface area contributed by atoms with Crippen LogP contribution in [0.2, 0.25) is 0 Å². The lowest BCUT2D eigenvalue weighted by Gasteiger charge is -2.08. The minimum Gasteiger partial charge on any atom is -0.464 e. The third-order valence-corrected chi connectivity index (χ3v) is 3.04. The topological polar surface area (TPSA) is 13.1 Å². The predicted molar refractivity (Wildman–Crippen MR) is 74.3 cm³/mol. The van der Waals surface area contributed by atoms with Gasteiger partial charge in [-0.3, -0.25) is 0 Å². The Hall–Kier alpha value is -2.28. The Morgan fingerprint density at radius 2 is 1.61 bits per heavy atom. The maximum Gasteiger partial charge on any atom is 0.134 e. The second-order valence-electron chi connectivity index (χ2n) is 4.39. The van der Waals surface area contributed by atoms with E-state index in [1.165, 1.54) is 16.7 Å². The van der Waals surface area contributed by atoms with Gasteiger partial charge in [0.2, 0.25) is 0 Å². The van der Waals surface area contributed by atoms with Crippen LogP contribution in [0.15, 0.2) is 71.3 Å². The molecule has 0 bridgehead atoms. The Kier molecular flexibility index (Phi) is 2.73. The minimum atomic E-state index is 0.909. The number of furan rings is 1. The zero-order valence-electron chi connectivity index (χ0n) is 10.3. The lowest BCUT2D eigenvalue weighted by atomic mass is 9.97. The van der Waals surface area contributed by atoms with E-state index in [0.717, 1.165) is 11.3 Å². The molecule has 2 aromatic carbocycles. The first kappa shape index (κ1) is 10.8. The molecular weight excluding hydrogens is 220 g/mol. The molecule has 0 spiro atoms. The summed E-state index contributed by atoms with van der Waals surface area (Å²) in [7, 11) is 0. The van der Waals surface area contributed by atoms with Gasteiger partial charge >= 0.3 is 0 Å². The fraction of sp³-hybridized carbons (Fsp3) is 0.0588. The van der Waals surface area contributed by atoms with Gasteiger partial charge in [0.15, 0.2) is 0 Å². The molecule has 3 aromatic rings. The van der Waals surface area contributed by atoms with E-state index >= 15 is 0 Å². The van der Waals surface area contributed by atoms with Crippen molar-refractivity contribution in [1.82, 2.24) is 0 Å². The first-order valence-corrected chi connectivity index (χ1v) is 6.04. The molecule has 1 nitrogen and oxygen atoms in total. The zero-order chi connectivity index (χ0) is 12.4. The van der Waals surface area contributed by atoms with Crippen LogP contribution in [0.1, 0.15) is 5.56 Å². The van der Waals surface area contributed by atoms with Crippen LogP contribution in [0, 0.1) is 6.92 Å². The summed E-state index contributed by atoms with van der Waals surface area (Å²) in [6, 6.07) is 20.8. The van der Waals surface area contributed by atoms with Crippen molar-refractivity contribution >= 4 is 0 Å². The van der Waals surface area contributed by atoms with Crippen LogP contribution in [-0.2, 0) is 0 Å². The number of hydrogen-bond acceptors (Lipinski definition) is 1. The molecular formula is C17H14O. The summed E-state index contributed by atoms with van der Waals surface area (Å²) in [5.74, 6) is 0.909. The van der Waals surface area contributed by atoms with E-state index in [1.807, 2.05) is 18.2 Å². The standard InChI is InChI=1S/C17H14O/c1-13-6-4-7-14(12-13)15-8-2-3-9-16(15)17-10-5-11-18-17/h2-12H,1H3. The molecule has 0 fully saturated rings. The Balaban J connectivity index is 2.18. The fourth-order valence-corrected chi connectivity index (χ4v) is 2.19. The van der Waals surface area contributed by atoms with Crippen molar-refractivity contribution < 1.29 is 4.42 Å². The highest BCUT2D eigenvalue weighted by Crippen LogP contribution is 2.32. The van der Waals surface area contributed by atoms with Gasteiger partial charge < -0.3 is 4.42 Å². The molecule has 0 saturated carbocycles. The Bertz CT molecular complexity index is 651. The van der Waals surface area contributed by atoms with Crippen molar-refractivity contribution in [2.24, 2.45) is 0 Å². The smallest absolute Gasteiger partial charge is 0.134 e. The number of aryl methyl sites for hydroxylation is 1. The molecule has 3 rings (SSSR count). The molecule has 0 atom stereocenters. The molecule has 0 aliphatic heterocycles. The molecule has 0 aliphatic carbocycles. The Labute approximate surface area is 107 Å². The molecule has 0 N–H and O–H groups in total.